The van der Waals surface area contributed by atoms with Crippen molar-refractivity contribution in [1.82, 2.24) is 30.1 Å². The zero-order valence-electron chi connectivity index (χ0n) is 18.6. The van der Waals surface area contributed by atoms with Crippen molar-refractivity contribution in [2.75, 3.05) is 5.32 Å². The van der Waals surface area contributed by atoms with Crippen LogP contribution in [-0.4, -0.2) is 41.5 Å². The molecule has 6 aromatic rings. The fraction of sp³-hybridized carbons (Fsp3) is 0.154. The van der Waals surface area contributed by atoms with E-state index in [1.54, 1.807) is 37.3 Å². The molecule has 0 aromatic carbocycles. The zero-order valence-corrected chi connectivity index (χ0v) is 18.6. The van der Waals surface area contributed by atoms with Crippen LogP contribution < -0.4 is 5.32 Å². The SMILES string of the molecule is OC(Nc1cncc(-c2cc3c(-c4cc5c(-c6ccoc6)ccnc5[nH]4)n[nH]c3cn2)c1)C1CC1. The van der Waals surface area contributed by atoms with Crippen molar-refractivity contribution in [3.63, 3.8) is 0 Å². The smallest absolute Gasteiger partial charge is 0.138 e. The van der Waals surface area contributed by atoms with E-state index < -0.39 is 6.23 Å². The van der Waals surface area contributed by atoms with Gasteiger partial charge in [0, 0.05) is 40.2 Å². The van der Waals surface area contributed by atoms with Crippen LogP contribution in [0.5, 0.6) is 0 Å². The highest BCUT2D eigenvalue weighted by molar-refractivity contribution is 6.00. The molecule has 0 amide bonds. The third-order valence-corrected chi connectivity index (χ3v) is 6.48. The molecule has 172 valence electrons. The Morgan fingerprint density at radius 1 is 1.03 bits per heavy atom. The number of pyridine rings is 3. The Balaban J connectivity index is 1.28. The Morgan fingerprint density at radius 3 is 2.83 bits per heavy atom. The van der Waals surface area contributed by atoms with Gasteiger partial charge in [0.15, 0.2) is 0 Å². The predicted octanol–water partition coefficient (Wildman–Crippen LogP) is 4.96. The summed E-state index contributed by atoms with van der Waals surface area (Å²) in [4.78, 5) is 16.9. The summed E-state index contributed by atoms with van der Waals surface area (Å²) in [7, 11) is 0. The van der Waals surface area contributed by atoms with Crippen LogP contribution in [0.4, 0.5) is 5.69 Å². The predicted molar refractivity (Wildman–Crippen MR) is 132 cm³/mol. The van der Waals surface area contributed by atoms with E-state index in [0.29, 0.717) is 5.92 Å². The molecule has 1 aliphatic rings. The van der Waals surface area contributed by atoms with E-state index in [9.17, 15) is 5.11 Å². The lowest BCUT2D eigenvalue weighted by molar-refractivity contribution is 0.180. The number of hydrogen-bond donors (Lipinski definition) is 4. The average Bonchev–Trinajstić information content (AvgIpc) is 3.26. The molecule has 1 saturated carbocycles. The number of fused-ring (bicyclic) bond motifs is 2. The van der Waals surface area contributed by atoms with Gasteiger partial charge in [-0.1, -0.05) is 0 Å². The van der Waals surface area contributed by atoms with E-state index >= 15 is 0 Å². The van der Waals surface area contributed by atoms with Crippen molar-refractivity contribution >= 4 is 27.6 Å². The van der Waals surface area contributed by atoms with Gasteiger partial charge in [-0.15, -0.1) is 0 Å². The van der Waals surface area contributed by atoms with Crippen LogP contribution in [0, 0.1) is 5.92 Å². The summed E-state index contributed by atoms with van der Waals surface area (Å²) in [6.45, 7) is 0. The highest BCUT2D eigenvalue weighted by Crippen LogP contribution is 2.35. The quantitative estimate of drug-likeness (QED) is 0.257. The van der Waals surface area contributed by atoms with Crippen LogP contribution in [0.2, 0.25) is 0 Å². The lowest BCUT2D eigenvalue weighted by Crippen LogP contribution is -2.20. The highest BCUT2D eigenvalue weighted by Gasteiger charge is 2.29. The Bertz CT molecular complexity index is 1660. The molecule has 1 atom stereocenters. The summed E-state index contributed by atoms with van der Waals surface area (Å²) in [5.74, 6) is 0.321. The first-order valence-corrected chi connectivity index (χ1v) is 11.5. The maximum atomic E-state index is 10.2. The molecule has 0 bridgehead atoms. The minimum Gasteiger partial charge on any atom is -0.472 e. The van der Waals surface area contributed by atoms with E-state index in [1.807, 2.05) is 24.3 Å². The number of H-pyrrole nitrogens is 2. The summed E-state index contributed by atoms with van der Waals surface area (Å²) >= 11 is 0. The first kappa shape index (κ1) is 19.9. The number of furan rings is 1. The number of aliphatic hydroxyl groups excluding tert-OH is 1. The van der Waals surface area contributed by atoms with Crippen molar-refractivity contribution in [2.24, 2.45) is 5.92 Å². The zero-order chi connectivity index (χ0) is 23.4. The number of anilines is 1. The third-order valence-electron chi connectivity index (χ3n) is 6.48. The molecule has 1 fully saturated rings. The third kappa shape index (κ3) is 3.53. The van der Waals surface area contributed by atoms with Crippen molar-refractivity contribution in [2.45, 2.75) is 19.1 Å². The summed E-state index contributed by atoms with van der Waals surface area (Å²) in [5.41, 5.74) is 7.67. The lowest BCUT2D eigenvalue weighted by atomic mass is 10.1. The second-order valence-electron chi connectivity index (χ2n) is 8.89. The van der Waals surface area contributed by atoms with Crippen LogP contribution in [0.25, 0.3) is 55.7 Å². The molecule has 9 heteroatoms. The number of aromatic nitrogens is 6. The number of aliphatic hydroxyl groups is 1. The van der Waals surface area contributed by atoms with Crippen molar-refractivity contribution in [1.29, 1.82) is 0 Å². The van der Waals surface area contributed by atoms with Gasteiger partial charge in [0.1, 0.15) is 17.6 Å². The van der Waals surface area contributed by atoms with E-state index in [1.165, 1.54) is 0 Å². The topological polar surface area (TPSA) is 129 Å². The number of nitrogens with zero attached hydrogens (tertiary/aromatic N) is 4. The number of rotatable bonds is 6. The molecule has 0 aliphatic heterocycles. The van der Waals surface area contributed by atoms with Gasteiger partial charge in [-0.05, 0) is 48.7 Å². The molecular weight excluding hydrogens is 442 g/mol. The standard InChI is InChI=1S/C26H21N7O2/c34-26(14-1-2-14)30-17-7-16(10-27-11-17)21-9-20-23(12-29-21)32-33-24(20)22-8-19-18(15-4-6-35-13-15)3-5-28-25(19)31-22/h3-14,26,30,34H,1-2H2,(H,28,31)(H,32,33). The van der Waals surface area contributed by atoms with E-state index in [-0.39, 0.29) is 0 Å². The normalized spacial score (nSPS) is 14.5. The minimum atomic E-state index is -0.550. The second kappa shape index (κ2) is 7.78. The number of aromatic amines is 2. The van der Waals surface area contributed by atoms with Gasteiger partial charge in [0.05, 0.1) is 47.5 Å². The molecule has 0 saturated heterocycles. The highest BCUT2D eigenvalue weighted by atomic mass is 16.3. The maximum Gasteiger partial charge on any atom is 0.138 e. The first-order valence-electron chi connectivity index (χ1n) is 11.5. The number of hydrogen-bond acceptors (Lipinski definition) is 7. The van der Waals surface area contributed by atoms with Crippen LogP contribution in [0.3, 0.4) is 0 Å². The first-order chi connectivity index (χ1) is 17.2. The van der Waals surface area contributed by atoms with Crippen molar-refractivity contribution in [3.8, 4) is 33.8 Å². The Morgan fingerprint density at radius 2 is 1.97 bits per heavy atom. The second-order valence-corrected chi connectivity index (χ2v) is 8.89. The van der Waals surface area contributed by atoms with Crippen LogP contribution in [0.1, 0.15) is 12.8 Å². The molecule has 6 heterocycles. The van der Waals surface area contributed by atoms with Crippen molar-refractivity contribution < 1.29 is 9.52 Å². The summed E-state index contributed by atoms with van der Waals surface area (Å²) in [6.07, 6.45) is 12.0. The monoisotopic (exact) mass is 463 g/mol. The van der Waals surface area contributed by atoms with Crippen molar-refractivity contribution in [3.05, 3.63) is 67.6 Å². The molecule has 4 N–H and O–H groups in total. The average molecular weight is 464 g/mol. The van der Waals surface area contributed by atoms with Gasteiger partial charge in [-0.2, -0.15) is 5.10 Å². The lowest BCUT2D eigenvalue weighted by Gasteiger charge is -2.13. The molecule has 6 aromatic heterocycles. The molecule has 0 spiro atoms. The number of nitrogens with one attached hydrogen (secondary N) is 3. The fourth-order valence-electron chi connectivity index (χ4n) is 4.46. The molecule has 1 unspecified atom stereocenters. The minimum absolute atomic E-state index is 0.321. The molecular formula is C26H21N7O2. The fourth-order valence-corrected chi connectivity index (χ4v) is 4.46. The Labute approximate surface area is 199 Å². The van der Waals surface area contributed by atoms with Crippen LogP contribution >= 0.6 is 0 Å². The Hall–Kier alpha value is -4.50. The van der Waals surface area contributed by atoms with Gasteiger partial charge < -0.3 is 19.8 Å². The molecule has 7 rings (SSSR count). The molecule has 9 nitrogen and oxygen atoms in total. The summed E-state index contributed by atoms with van der Waals surface area (Å²) in [5, 5.41) is 23.0. The molecule has 35 heavy (non-hydrogen) atoms. The molecule has 0 radical (unpaired) electrons. The van der Waals surface area contributed by atoms with Gasteiger partial charge in [-0.25, -0.2) is 4.98 Å². The summed E-state index contributed by atoms with van der Waals surface area (Å²) < 4.78 is 5.28. The largest absolute Gasteiger partial charge is 0.472 e. The maximum absolute atomic E-state index is 10.2. The van der Waals surface area contributed by atoms with Gasteiger partial charge in [0.2, 0.25) is 0 Å². The van der Waals surface area contributed by atoms with Crippen LogP contribution in [-0.2, 0) is 0 Å². The van der Waals surface area contributed by atoms with Gasteiger partial charge in [-0.3, -0.25) is 15.1 Å². The van der Waals surface area contributed by atoms with Crippen LogP contribution in [0.15, 0.2) is 72.1 Å². The Kier molecular flexibility index (Phi) is 4.43. The van der Waals surface area contributed by atoms with E-state index in [4.69, 9.17) is 4.42 Å². The van der Waals surface area contributed by atoms with E-state index in [0.717, 1.165) is 74.2 Å². The molecule has 1 aliphatic carbocycles. The summed E-state index contributed by atoms with van der Waals surface area (Å²) in [6, 6.07) is 9.93. The van der Waals surface area contributed by atoms with E-state index in [2.05, 4.69) is 41.5 Å². The van der Waals surface area contributed by atoms with Gasteiger partial charge >= 0.3 is 0 Å². The van der Waals surface area contributed by atoms with Gasteiger partial charge in [0.25, 0.3) is 0 Å².